The lowest BCUT2D eigenvalue weighted by Crippen LogP contribution is -2.30. The van der Waals surface area contributed by atoms with Gasteiger partial charge in [-0.3, -0.25) is 4.79 Å². The van der Waals surface area contributed by atoms with Crippen LogP contribution in [0.3, 0.4) is 0 Å². The molecule has 2 rings (SSSR count). The van der Waals surface area contributed by atoms with Crippen molar-refractivity contribution >= 4 is 5.91 Å². The third-order valence-corrected chi connectivity index (χ3v) is 2.64. The van der Waals surface area contributed by atoms with Crippen LogP contribution in [0.25, 0.3) is 0 Å². The van der Waals surface area contributed by atoms with Crippen molar-refractivity contribution in [3.8, 4) is 5.75 Å². The molecule has 0 saturated carbocycles. The van der Waals surface area contributed by atoms with Crippen molar-refractivity contribution < 1.29 is 18.4 Å². The molecule has 1 N–H and O–H groups in total. The quantitative estimate of drug-likeness (QED) is 0.786. The van der Waals surface area contributed by atoms with E-state index in [2.05, 4.69) is 10.5 Å². The third kappa shape index (κ3) is 4.38. The second kappa shape index (κ2) is 7.28. The fourth-order valence-corrected chi connectivity index (χ4v) is 1.63. The Kier molecular flexibility index (Phi) is 5.11. The normalized spacial score (nSPS) is 10.2. The molecule has 0 aliphatic carbocycles. The molecule has 0 atom stereocenters. The molecule has 5 nitrogen and oxygen atoms in total. The molecule has 20 heavy (non-hydrogen) atoms. The minimum atomic E-state index is -0.479. The van der Waals surface area contributed by atoms with Gasteiger partial charge in [0.15, 0.2) is 18.2 Å². The number of hydrogen-bond acceptors (Lipinski definition) is 4. The fraction of sp³-hybridized carbons (Fsp3) is 0.286. The Hall–Kier alpha value is -2.37. The molecule has 0 aliphatic heterocycles. The highest BCUT2D eigenvalue weighted by molar-refractivity contribution is 5.77. The number of carbonyl (C=O) groups excluding carboxylic acids is 1. The first-order valence-electron chi connectivity index (χ1n) is 6.28. The molecule has 1 amide bonds. The van der Waals surface area contributed by atoms with Gasteiger partial charge in [0.2, 0.25) is 0 Å². The number of benzene rings is 1. The van der Waals surface area contributed by atoms with E-state index in [-0.39, 0.29) is 18.3 Å². The van der Waals surface area contributed by atoms with Gasteiger partial charge in [0.25, 0.3) is 5.91 Å². The molecule has 0 aliphatic rings. The Labute approximate surface area is 115 Å². The average Bonchev–Trinajstić information content (AvgIpc) is 2.96. The highest BCUT2D eigenvalue weighted by Gasteiger charge is 2.05. The smallest absolute Gasteiger partial charge is 0.257 e. The zero-order valence-electron chi connectivity index (χ0n) is 10.8. The first kappa shape index (κ1) is 14.0. The number of amides is 1. The van der Waals surface area contributed by atoms with Crippen LogP contribution in [-0.4, -0.2) is 24.2 Å². The van der Waals surface area contributed by atoms with Crippen molar-refractivity contribution in [1.29, 1.82) is 0 Å². The minimum Gasteiger partial charge on any atom is -0.481 e. The van der Waals surface area contributed by atoms with Crippen LogP contribution >= 0.6 is 0 Å². The first-order valence-corrected chi connectivity index (χ1v) is 6.28. The zero-order valence-corrected chi connectivity index (χ0v) is 10.8. The second-order valence-corrected chi connectivity index (χ2v) is 4.21. The zero-order chi connectivity index (χ0) is 14.2. The van der Waals surface area contributed by atoms with Crippen molar-refractivity contribution in [1.82, 2.24) is 10.5 Å². The molecule has 0 unspecified atom stereocenters. The predicted molar refractivity (Wildman–Crippen MR) is 69.7 cm³/mol. The van der Waals surface area contributed by atoms with E-state index in [1.807, 2.05) is 0 Å². The Bertz CT molecular complexity index is 543. The highest BCUT2D eigenvalue weighted by Crippen LogP contribution is 2.14. The lowest BCUT2D eigenvalue weighted by molar-refractivity contribution is -0.123. The van der Waals surface area contributed by atoms with Gasteiger partial charge in [0.05, 0.1) is 6.20 Å². The molecule has 0 spiro atoms. The minimum absolute atomic E-state index is 0.0760. The van der Waals surface area contributed by atoms with Gasteiger partial charge in [-0.15, -0.1) is 0 Å². The maximum Gasteiger partial charge on any atom is 0.257 e. The van der Waals surface area contributed by atoms with Gasteiger partial charge in [0.1, 0.15) is 6.26 Å². The van der Waals surface area contributed by atoms with Crippen LogP contribution < -0.4 is 10.1 Å². The van der Waals surface area contributed by atoms with E-state index in [0.29, 0.717) is 6.54 Å². The molecule has 2 aromatic rings. The molecule has 1 heterocycles. The second-order valence-electron chi connectivity index (χ2n) is 4.21. The number of ether oxygens (including phenoxy) is 1. The summed E-state index contributed by atoms with van der Waals surface area (Å²) >= 11 is 0. The Morgan fingerprint density at radius 2 is 2.25 bits per heavy atom. The Balaban J connectivity index is 1.62. The van der Waals surface area contributed by atoms with Crippen LogP contribution in [0.4, 0.5) is 4.39 Å². The molecular formula is C14H15FN2O3. The maximum atomic E-state index is 13.2. The summed E-state index contributed by atoms with van der Waals surface area (Å²) in [4.78, 5) is 11.5. The van der Waals surface area contributed by atoms with Gasteiger partial charge in [-0.05, 0) is 25.0 Å². The molecule has 1 aromatic carbocycles. The molecule has 106 valence electrons. The lowest BCUT2D eigenvalue weighted by atomic mass is 10.2. The van der Waals surface area contributed by atoms with Gasteiger partial charge in [0, 0.05) is 12.1 Å². The summed E-state index contributed by atoms with van der Waals surface area (Å²) in [6.45, 7) is 0.318. The number of rotatable bonds is 7. The van der Waals surface area contributed by atoms with E-state index >= 15 is 0 Å². The van der Waals surface area contributed by atoms with Crippen LogP contribution in [0.1, 0.15) is 12.0 Å². The summed E-state index contributed by atoms with van der Waals surface area (Å²) in [5.41, 5.74) is 0.988. The summed E-state index contributed by atoms with van der Waals surface area (Å²) in [5.74, 6) is -0.682. The lowest BCUT2D eigenvalue weighted by Gasteiger charge is -2.07. The van der Waals surface area contributed by atoms with Crippen LogP contribution in [-0.2, 0) is 11.2 Å². The monoisotopic (exact) mass is 278 g/mol. The molecule has 0 saturated heterocycles. The van der Waals surface area contributed by atoms with Gasteiger partial charge in [-0.2, -0.15) is 0 Å². The van der Waals surface area contributed by atoms with E-state index in [0.717, 1.165) is 18.4 Å². The molecule has 0 bridgehead atoms. The van der Waals surface area contributed by atoms with Crippen LogP contribution in [0.2, 0.25) is 0 Å². The number of aryl methyl sites for hydroxylation is 1. The number of para-hydroxylation sites is 1. The standard InChI is InChI=1S/C14H15FN2O3/c15-12-5-1-2-6-13(12)19-10-14(18)16-7-3-4-11-8-17-20-9-11/h1-2,5-6,8-9H,3-4,7,10H2,(H,16,18). The van der Waals surface area contributed by atoms with Gasteiger partial charge < -0.3 is 14.6 Å². The van der Waals surface area contributed by atoms with Crippen molar-refractivity contribution in [2.45, 2.75) is 12.8 Å². The first-order chi connectivity index (χ1) is 9.75. The average molecular weight is 278 g/mol. The Morgan fingerprint density at radius 1 is 1.40 bits per heavy atom. The number of carbonyl (C=O) groups is 1. The van der Waals surface area contributed by atoms with E-state index < -0.39 is 5.82 Å². The number of hydrogen-bond donors (Lipinski definition) is 1. The summed E-state index contributed by atoms with van der Waals surface area (Å²) in [6, 6.07) is 5.98. The van der Waals surface area contributed by atoms with Crippen molar-refractivity contribution in [3.63, 3.8) is 0 Å². The highest BCUT2D eigenvalue weighted by atomic mass is 19.1. The Morgan fingerprint density at radius 3 is 3.00 bits per heavy atom. The van der Waals surface area contributed by atoms with Crippen molar-refractivity contribution in [2.24, 2.45) is 0 Å². The van der Waals surface area contributed by atoms with E-state index in [1.54, 1.807) is 24.6 Å². The number of nitrogens with zero attached hydrogens (tertiary/aromatic N) is 1. The molecule has 0 radical (unpaired) electrons. The van der Waals surface area contributed by atoms with E-state index in [9.17, 15) is 9.18 Å². The van der Waals surface area contributed by atoms with Crippen LogP contribution in [0.5, 0.6) is 5.75 Å². The molecular weight excluding hydrogens is 263 g/mol. The summed E-state index contributed by atoms with van der Waals surface area (Å²) in [7, 11) is 0. The largest absolute Gasteiger partial charge is 0.481 e. The summed E-state index contributed by atoms with van der Waals surface area (Å²) in [6.07, 6.45) is 4.76. The number of halogens is 1. The SMILES string of the molecule is O=C(COc1ccccc1F)NCCCc1cnoc1. The van der Waals surface area contributed by atoms with Crippen molar-refractivity contribution in [2.75, 3.05) is 13.2 Å². The summed E-state index contributed by atoms with van der Waals surface area (Å²) < 4.78 is 23.0. The number of aromatic nitrogens is 1. The molecule has 6 heteroatoms. The summed E-state index contributed by atoms with van der Waals surface area (Å²) in [5, 5.41) is 6.29. The number of nitrogens with one attached hydrogen (secondary N) is 1. The topological polar surface area (TPSA) is 64.4 Å². The van der Waals surface area contributed by atoms with Gasteiger partial charge >= 0.3 is 0 Å². The van der Waals surface area contributed by atoms with Crippen LogP contribution in [0, 0.1) is 5.82 Å². The van der Waals surface area contributed by atoms with Gasteiger partial charge in [-0.25, -0.2) is 4.39 Å². The fourth-order valence-electron chi connectivity index (χ4n) is 1.63. The molecule has 0 fully saturated rings. The molecule has 1 aromatic heterocycles. The van der Waals surface area contributed by atoms with Gasteiger partial charge in [-0.1, -0.05) is 17.3 Å². The van der Waals surface area contributed by atoms with E-state index in [1.165, 1.54) is 12.1 Å². The van der Waals surface area contributed by atoms with Crippen molar-refractivity contribution in [3.05, 3.63) is 48.1 Å². The third-order valence-electron chi connectivity index (χ3n) is 2.64. The maximum absolute atomic E-state index is 13.2. The van der Waals surface area contributed by atoms with E-state index in [4.69, 9.17) is 9.26 Å². The predicted octanol–water partition coefficient (Wildman–Crippen LogP) is 1.94. The van der Waals surface area contributed by atoms with Crippen LogP contribution in [0.15, 0.2) is 41.2 Å².